The van der Waals surface area contributed by atoms with E-state index in [4.69, 9.17) is 0 Å². The quantitative estimate of drug-likeness (QED) is 0.758. The predicted molar refractivity (Wildman–Crippen MR) is 65.6 cm³/mol. The van der Waals surface area contributed by atoms with Gasteiger partial charge in [-0.15, -0.1) is 0 Å². The molecule has 0 bridgehead atoms. The van der Waals surface area contributed by atoms with Gasteiger partial charge < -0.3 is 10.0 Å². The van der Waals surface area contributed by atoms with Crippen molar-refractivity contribution in [1.29, 1.82) is 0 Å². The van der Waals surface area contributed by atoms with E-state index in [-0.39, 0.29) is 6.10 Å². The number of quaternary nitrogens is 1. The summed E-state index contributed by atoms with van der Waals surface area (Å²) in [6.07, 6.45) is 2.05. The number of likely N-dealkylation sites (tertiary alicyclic amines) is 1. The van der Waals surface area contributed by atoms with E-state index in [1.54, 1.807) is 0 Å². The van der Waals surface area contributed by atoms with Crippen molar-refractivity contribution in [3.05, 3.63) is 34.9 Å². The number of piperidine rings is 1. The van der Waals surface area contributed by atoms with Gasteiger partial charge in [-0.3, -0.25) is 0 Å². The molecule has 1 saturated heterocycles. The zero-order valence-electron chi connectivity index (χ0n) is 10.3. The van der Waals surface area contributed by atoms with Gasteiger partial charge in [-0.05, 0) is 32.3 Å². The van der Waals surface area contributed by atoms with Gasteiger partial charge in [-0.1, -0.05) is 23.8 Å². The molecule has 1 aromatic carbocycles. The van der Waals surface area contributed by atoms with Gasteiger partial charge in [-0.25, -0.2) is 0 Å². The third kappa shape index (κ3) is 2.83. The van der Waals surface area contributed by atoms with Gasteiger partial charge in [0.25, 0.3) is 0 Å². The van der Waals surface area contributed by atoms with Crippen molar-refractivity contribution in [1.82, 2.24) is 0 Å². The van der Waals surface area contributed by atoms with Crippen LogP contribution in [0.2, 0.25) is 0 Å². The van der Waals surface area contributed by atoms with Gasteiger partial charge in [0.2, 0.25) is 0 Å². The highest BCUT2D eigenvalue weighted by molar-refractivity contribution is 5.29. The molecule has 16 heavy (non-hydrogen) atoms. The van der Waals surface area contributed by atoms with E-state index >= 15 is 0 Å². The first-order chi connectivity index (χ1) is 7.65. The number of hydrogen-bond acceptors (Lipinski definition) is 1. The van der Waals surface area contributed by atoms with Gasteiger partial charge >= 0.3 is 0 Å². The molecule has 1 unspecified atom stereocenters. The normalized spacial score (nSPS) is 25.7. The second-order valence-corrected chi connectivity index (χ2v) is 5.11. The number of aliphatic hydroxyl groups excluding tert-OH is 1. The van der Waals surface area contributed by atoms with Crippen LogP contribution in [0.25, 0.3) is 0 Å². The van der Waals surface area contributed by atoms with Crippen LogP contribution in [0, 0.1) is 13.8 Å². The second kappa shape index (κ2) is 4.98. The Morgan fingerprint density at radius 3 is 2.88 bits per heavy atom. The third-order valence-corrected chi connectivity index (χ3v) is 3.53. The summed E-state index contributed by atoms with van der Waals surface area (Å²) in [6, 6.07) is 6.66. The van der Waals surface area contributed by atoms with E-state index in [2.05, 4.69) is 32.0 Å². The van der Waals surface area contributed by atoms with Crippen LogP contribution in [0.3, 0.4) is 0 Å². The van der Waals surface area contributed by atoms with Crippen LogP contribution in [-0.4, -0.2) is 24.3 Å². The van der Waals surface area contributed by atoms with Gasteiger partial charge in [0.15, 0.2) is 0 Å². The number of benzene rings is 1. The number of aliphatic hydroxyl groups is 1. The Bertz CT molecular complexity index is 362. The molecule has 2 rings (SSSR count). The molecule has 0 amide bonds. The van der Waals surface area contributed by atoms with Crippen molar-refractivity contribution in [3.8, 4) is 0 Å². The minimum atomic E-state index is -0.0884. The zero-order valence-corrected chi connectivity index (χ0v) is 10.3. The van der Waals surface area contributed by atoms with E-state index in [9.17, 15) is 5.11 Å². The maximum absolute atomic E-state index is 9.65. The number of rotatable bonds is 2. The van der Waals surface area contributed by atoms with Crippen LogP contribution in [0.1, 0.15) is 29.5 Å². The zero-order chi connectivity index (χ0) is 11.5. The number of hydrogen-bond donors (Lipinski definition) is 2. The predicted octanol–water partition coefficient (Wildman–Crippen LogP) is 0.843. The van der Waals surface area contributed by atoms with E-state index in [0.29, 0.717) is 0 Å². The van der Waals surface area contributed by atoms with Crippen molar-refractivity contribution in [2.24, 2.45) is 0 Å². The van der Waals surface area contributed by atoms with Crippen molar-refractivity contribution < 1.29 is 10.0 Å². The highest BCUT2D eigenvalue weighted by atomic mass is 16.3. The van der Waals surface area contributed by atoms with Crippen LogP contribution < -0.4 is 4.90 Å². The van der Waals surface area contributed by atoms with Gasteiger partial charge in [0.1, 0.15) is 19.2 Å². The van der Waals surface area contributed by atoms with Crippen LogP contribution in [0.15, 0.2) is 18.2 Å². The monoisotopic (exact) mass is 220 g/mol. The highest BCUT2D eigenvalue weighted by Gasteiger charge is 2.21. The molecule has 0 saturated carbocycles. The molecule has 0 aromatic heterocycles. The van der Waals surface area contributed by atoms with Gasteiger partial charge in [0, 0.05) is 5.56 Å². The Morgan fingerprint density at radius 1 is 1.38 bits per heavy atom. The lowest BCUT2D eigenvalue weighted by atomic mass is 10.0. The van der Waals surface area contributed by atoms with Crippen LogP contribution in [0.4, 0.5) is 0 Å². The van der Waals surface area contributed by atoms with Crippen molar-refractivity contribution in [2.75, 3.05) is 13.1 Å². The lowest BCUT2D eigenvalue weighted by Crippen LogP contribution is -3.12. The average molecular weight is 220 g/mol. The first-order valence-corrected chi connectivity index (χ1v) is 6.23. The molecule has 1 heterocycles. The minimum absolute atomic E-state index is 0.0884. The summed E-state index contributed by atoms with van der Waals surface area (Å²) < 4.78 is 0. The molecule has 1 aliphatic rings. The number of aryl methyl sites for hydroxylation is 2. The van der Waals surface area contributed by atoms with Crippen LogP contribution in [-0.2, 0) is 6.54 Å². The van der Waals surface area contributed by atoms with E-state index in [1.165, 1.54) is 28.1 Å². The maximum Gasteiger partial charge on any atom is 0.104 e. The van der Waals surface area contributed by atoms with Gasteiger partial charge in [0.05, 0.1) is 6.54 Å². The maximum atomic E-state index is 9.65. The summed E-state index contributed by atoms with van der Waals surface area (Å²) in [7, 11) is 0. The molecule has 2 heteroatoms. The van der Waals surface area contributed by atoms with Gasteiger partial charge in [-0.2, -0.15) is 0 Å². The summed E-state index contributed by atoms with van der Waals surface area (Å²) in [5, 5.41) is 9.65. The smallest absolute Gasteiger partial charge is 0.104 e. The van der Waals surface area contributed by atoms with Crippen LogP contribution in [0.5, 0.6) is 0 Å². The molecule has 1 aromatic rings. The highest BCUT2D eigenvalue weighted by Crippen LogP contribution is 2.09. The number of nitrogens with one attached hydrogen (secondary N) is 1. The Hall–Kier alpha value is -0.860. The summed E-state index contributed by atoms with van der Waals surface area (Å²) in [6.45, 7) is 7.48. The van der Waals surface area contributed by atoms with E-state index in [0.717, 1.165) is 25.9 Å². The van der Waals surface area contributed by atoms with E-state index < -0.39 is 0 Å². The largest absolute Gasteiger partial charge is 0.387 e. The molecule has 0 aliphatic carbocycles. The fourth-order valence-corrected chi connectivity index (χ4v) is 2.60. The first kappa shape index (κ1) is 11.6. The average Bonchev–Trinajstić information content (AvgIpc) is 2.22. The minimum Gasteiger partial charge on any atom is -0.387 e. The summed E-state index contributed by atoms with van der Waals surface area (Å²) in [5.41, 5.74) is 4.14. The summed E-state index contributed by atoms with van der Waals surface area (Å²) in [5.74, 6) is 0. The molecular weight excluding hydrogens is 198 g/mol. The second-order valence-electron chi connectivity index (χ2n) is 5.11. The molecule has 1 aliphatic heterocycles. The standard InChI is InChI=1S/C14H21NO/c1-11-5-6-13(12(2)8-11)9-15-7-3-4-14(16)10-15/h5-6,8,14,16H,3-4,7,9-10H2,1-2H3/p+1/t14-/m0/s1. The Balaban J connectivity index is 2.02. The molecule has 2 atom stereocenters. The molecular formula is C14H22NO+. The lowest BCUT2D eigenvalue weighted by molar-refractivity contribution is -0.921. The molecule has 2 N–H and O–H groups in total. The molecule has 88 valence electrons. The fraction of sp³-hybridized carbons (Fsp3) is 0.571. The fourth-order valence-electron chi connectivity index (χ4n) is 2.60. The Kier molecular flexibility index (Phi) is 3.62. The summed E-state index contributed by atoms with van der Waals surface area (Å²) >= 11 is 0. The lowest BCUT2D eigenvalue weighted by Gasteiger charge is -2.27. The first-order valence-electron chi connectivity index (χ1n) is 6.23. The Labute approximate surface area is 97.9 Å². The summed E-state index contributed by atoms with van der Waals surface area (Å²) in [4.78, 5) is 1.52. The topological polar surface area (TPSA) is 24.7 Å². The van der Waals surface area contributed by atoms with Crippen LogP contribution >= 0.6 is 0 Å². The molecule has 2 nitrogen and oxygen atoms in total. The van der Waals surface area contributed by atoms with Crippen molar-refractivity contribution >= 4 is 0 Å². The Morgan fingerprint density at radius 2 is 2.19 bits per heavy atom. The SMILES string of the molecule is Cc1ccc(C[NH+]2CCC[C@H](O)C2)c(C)c1. The van der Waals surface area contributed by atoms with Crippen molar-refractivity contribution in [2.45, 2.75) is 39.3 Å². The van der Waals surface area contributed by atoms with E-state index in [1.807, 2.05) is 0 Å². The molecule has 0 spiro atoms. The van der Waals surface area contributed by atoms with Crippen molar-refractivity contribution in [3.63, 3.8) is 0 Å². The third-order valence-electron chi connectivity index (χ3n) is 3.53. The molecule has 1 fully saturated rings. The molecule has 0 radical (unpaired) electrons.